The summed E-state index contributed by atoms with van der Waals surface area (Å²) in [5, 5.41) is 5.77. The van der Waals surface area contributed by atoms with Gasteiger partial charge in [0.2, 0.25) is 0 Å². The molecule has 3 aromatic rings. The summed E-state index contributed by atoms with van der Waals surface area (Å²) in [7, 11) is 0. The van der Waals surface area contributed by atoms with E-state index in [1.165, 1.54) is 0 Å². The fraction of sp³-hybridized carbons (Fsp3) is 0.111. The Bertz CT molecular complexity index is 727. The van der Waals surface area contributed by atoms with Crippen LogP contribution in [-0.4, -0.2) is 11.0 Å². The number of rotatable bonds is 5. The van der Waals surface area contributed by atoms with Crippen molar-refractivity contribution in [3.05, 3.63) is 90.1 Å². The summed E-state index contributed by atoms with van der Waals surface area (Å²) >= 11 is 0. The van der Waals surface area contributed by atoms with Gasteiger partial charge in [0.25, 0.3) is 0 Å². The van der Waals surface area contributed by atoms with E-state index < -0.39 is 0 Å². The molecular formula is C18H17N3O2. The van der Waals surface area contributed by atoms with Crippen LogP contribution < -0.4 is 10.6 Å². The summed E-state index contributed by atoms with van der Waals surface area (Å²) in [6.07, 6.45) is 5.02. The van der Waals surface area contributed by atoms with Gasteiger partial charge in [-0.05, 0) is 29.3 Å². The predicted octanol–water partition coefficient (Wildman–Crippen LogP) is 3.26. The number of carbonyl (C=O) groups is 1. The SMILES string of the molecule is O=C(NCc1cccnc1)NC(c1ccccc1)c1ccco1. The Hall–Kier alpha value is -3.08. The van der Waals surface area contributed by atoms with Gasteiger partial charge in [-0.2, -0.15) is 0 Å². The normalized spacial score (nSPS) is 11.7. The molecule has 3 rings (SSSR count). The molecule has 2 amide bonds. The van der Waals surface area contributed by atoms with Crippen LogP contribution in [0.15, 0.2) is 77.7 Å². The van der Waals surface area contributed by atoms with E-state index in [-0.39, 0.29) is 12.1 Å². The molecule has 2 N–H and O–H groups in total. The topological polar surface area (TPSA) is 67.2 Å². The second-order valence-electron chi connectivity index (χ2n) is 5.05. The molecule has 0 aliphatic carbocycles. The number of hydrogen-bond acceptors (Lipinski definition) is 3. The van der Waals surface area contributed by atoms with Crippen molar-refractivity contribution < 1.29 is 9.21 Å². The lowest BCUT2D eigenvalue weighted by atomic mass is 10.1. The molecule has 1 unspecified atom stereocenters. The molecule has 0 aliphatic heterocycles. The van der Waals surface area contributed by atoms with E-state index in [2.05, 4.69) is 15.6 Å². The third-order valence-corrected chi connectivity index (χ3v) is 3.41. The molecule has 1 aromatic carbocycles. The fourth-order valence-electron chi connectivity index (χ4n) is 2.29. The molecule has 0 bridgehead atoms. The van der Waals surface area contributed by atoms with Crippen molar-refractivity contribution in [2.24, 2.45) is 0 Å². The van der Waals surface area contributed by atoms with E-state index in [0.717, 1.165) is 11.1 Å². The number of pyridine rings is 1. The molecule has 116 valence electrons. The maximum absolute atomic E-state index is 12.2. The molecule has 0 fully saturated rings. The molecule has 0 saturated heterocycles. The number of benzene rings is 1. The lowest BCUT2D eigenvalue weighted by molar-refractivity contribution is 0.237. The predicted molar refractivity (Wildman–Crippen MR) is 86.6 cm³/mol. The maximum atomic E-state index is 12.2. The summed E-state index contributed by atoms with van der Waals surface area (Å²) in [6, 6.07) is 16.5. The lowest BCUT2D eigenvalue weighted by Gasteiger charge is -2.17. The molecule has 2 aromatic heterocycles. The maximum Gasteiger partial charge on any atom is 0.315 e. The van der Waals surface area contributed by atoms with Gasteiger partial charge in [0.05, 0.1) is 6.26 Å². The summed E-state index contributed by atoms with van der Waals surface area (Å²) < 4.78 is 5.46. The van der Waals surface area contributed by atoms with Crippen LogP contribution in [0.25, 0.3) is 0 Å². The Morgan fingerprint density at radius 1 is 1.09 bits per heavy atom. The van der Waals surface area contributed by atoms with Crippen LogP contribution in [0.4, 0.5) is 4.79 Å². The fourth-order valence-corrected chi connectivity index (χ4v) is 2.29. The molecule has 0 saturated carbocycles. The van der Waals surface area contributed by atoms with Gasteiger partial charge in [0, 0.05) is 18.9 Å². The second kappa shape index (κ2) is 7.26. The second-order valence-corrected chi connectivity index (χ2v) is 5.05. The summed E-state index contributed by atoms with van der Waals surface area (Å²) in [6.45, 7) is 0.416. The molecule has 0 spiro atoms. The quantitative estimate of drug-likeness (QED) is 0.760. The van der Waals surface area contributed by atoms with Crippen LogP contribution in [-0.2, 0) is 6.54 Å². The van der Waals surface area contributed by atoms with E-state index in [4.69, 9.17) is 4.42 Å². The average Bonchev–Trinajstić information content (AvgIpc) is 3.14. The van der Waals surface area contributed by atoms with Gasteiger partial charge in [0.15, 0.2) is 0 Å². The van der Waals surface area contributed by atoms with Crippen LogP contribution in [0.2, 0.25) is 0 Å². The minimum Gasteiger partial charge on any atom is -0.467 e. The van der Waals surface area contributed by atoms with Gasteiger partial charge in [-0.1, -0.05) is 36.4 Å². The van der Waals surface area contributed by atoms with E-state index in [9.17, 15) is 4.79 Å². The lowest BCUT2D eigenvalue weighted by Crippen LogP contribution is -2.37. The highest BCUT2D eigenvalue weighted by molar-refractivity contribution is 5.74. The van der Waals surface area contributed by atoms with Gasteiger partial charge in [0.1, 0.15) is 11.8 Å². The van der Waals surface area contributed by atoms with Crippen LogP contribution >= 0.6 is 0 Å². The van der Waals surface area contributed by atoms with E-state index >= 15 is 0 Å². The van der Waals surface area contributed by atoms with Crippen molar-refractivity contribution in [2.75, 3.05) is 0 Å². The number of carbonyl (C=O) groups excluding carboxylic acids is 1. The van der Waals surface area contributed by atoms with Crippen LogP contribution in [0.3, 0.4) is 0 Å². The summed E-state index contributed by atoms with van der Waals surface area (Å²) in [4.78, 5) is 16.2. The Labute approximate surface area is 134 Å². The molecule has 2 heterocycles. The number of urea groups is 1. The Morgan fingerprint density at radius 3 is 2.65 bits per heavy atom. The first-order valence-corrected chi connectivity index (χ1v) is 7.34. The monoisotopic (exact) mass is 307 g/mol. The van der Waals surface area contributed by atoms with Crippen LogP contribution in [0, 0.1) is 0 Å². The third-order valence-electron chi connectivity index (χ3n) is 3.41. The van der Waals surface area contributed by atoms with Gasteiger partial charge in [-0.25, -0.2) is 4.79 Å². The summed E-state index contributed by atoms with van der Waals surface area (Å²) in [5.41, 5.74) is 1.90. The summed E-state index contributed by atoms with van der Waals surface area (Å²) in [5.74, 6) is 0.688. The first kappa shape index (κ1) is 14.8. The van der Waals surface area contributed by atoms with Crippen molar-refractivity contribution in [3.63, 3.8) is 0 Å². The van der Waals surface area contributed by atoms with E-state index in [0.29, 0.717) is 12.3 Å². The Balaban J connectivity index is 1.68. The first-order valence-electron chi connectivity index (χ1n) is 7.34. The van der Waals surface area contributed by atoms with E-state index in [1.54, 1.807) is 24.7 Å². The highest BCUT2D eigenvalue weighted by Crippen LogP contribution is 2.22. The number of nitrogens with one attached hydrogen (secondary N) is 2. The van der Waals surface area contributed by atoms with Gasteiger partial charge >= 0.3 is 6.03 Å². The zero-order valence-electron chi connectivity index (χ0n) is 12.5. The highest BCUT2D eigenvalue weighted by Gasteiger charge is 2.18. The standard InChI is InChI=1S/C18H17N3O2/c22-18(20-13-14-6-4-10-19-12-14)21-17(16-9-5-11-23-16)15-7-2-1-3-8-15/h1-12,17H,13H2,(H2,20,21,22). The third kappa shape index (κ3) is 3.97. The molecule has 5 heteroatoms. The van der Waals surface area contributed by atoms with Crippen LogP contribution in [0.1, 0.15) is 22.9 Å². The van der Waals surface area contributed by atoms with Gasteiger partial charge < -0.3 is 15.1 Å². The first-order chi connectivity index (χ1) is 11.3. The van der Waals surface area contributed by atoms with Crippen molar-refractivity contribution >= 4 is 6.03 Å². The number of furan rings is 1. The largest absolute Gasteiger partial charge is 0.467 e. The zero-order valence-corrected chi connectivity index (χ0v) is 12.5. The number of nitrogens with zero attached hydrogens (tertiary/aromatic N) is 1. The Kier molecular flexibility index (Phi) is 4.69. The van der Waals surface area contributed by atoms with Crippen molar-refractivity contribution in [2.45, 2.75) is 12.6 Å². The minimum atomic E-state index is -0.333. The zero-order chi connectivity index (χ0) is 15.9. The molecule has 5 nitrogen and oxygen atoms in total. The molecule has 0 aliphatic rings. The number of hydrogen-bond donors (Lipinski definition) is 2. The van der Waals surface area contributed by atoms with Crippen molar-refractivity contribution in [3.8, 4) is 0 Å². The molecule has 0 radical (unpaired) electrons. The number of aromatic nitrogens is 1. The van der Waals surface area contributed by atoms with Gasteiger partial charge in [-0.15, -0.1) is 0 Å². The van der Waals surface area contributed by atoms with Gasteiger partial charge in [-0.3, -0.25) is 4.98 Å². The average molecular weight is 307 g/mol. The highest BCUT2D eigenvalue weighted by atomic mass is 16.3. The van der Waals surface area contributed by atoms with E-state index in [1.807, 2.05) is 48.5 Å². The molecule has 23 heavy (non-hydrogen) atoms. The minimum absolute atomic E-state index is 0.265. The Morgan fingerprint density at radius 2 is 1.96 bits per heavy atom. The number of amides is 2. The van der Waals surface area contributed by atoms with Crippen LogP contribution in [0.5, 0.6) is 0 Å². The molecular weight excluding hydrogens is 290 g/mol. The van der Waals surface area contributed by atoms with Crippen molar-refractivity contribution in [1.29, 1.82) is 0 Å². The van der Waals surface area contributed by atoms with Crippen molar-refractivity contribution in [1.82, 2.24) is 15.6 Å². The smallest absolute Gasteiger partial charge is 0.315 e. The molecule has 1 atom stereocenters.